The molecule has 0 aliphatic heterocycles. The molecular formula is C17H20N2O3. The van der Waals surface area contributed by atoms with E-state index in [2.05, 4.69) is 9.88 Å². The predicted molar refractivity (Wildman–Crippen MR) is 85.7 cm³/mol. The lowest BCUT2D eigenvalue weighted by atomic mass is 10.1. The normalized spacial score (nSPS) is 11.8. The van der Waals surface area contributed by atoms with Gasteiger partial charge in [0.25, 0.3) is 0 Å². The molecule has 116 valence electrons. The van der Waals surface area contributed by atoms with Crippen LogP contribution in [0.2, 0.25) is 0 Å². The number of aromatic nitrogens is 1. The molecular weight excluding hydrogens is 280 g/mol. The highest BCUT2D eigenvalue weighted by Gasteiger charge is 2.12. The molecule has 1 unspecified atom stereocenters. The fourth-order valence-corrected chi connectivity index (χ4v) is 2.12. The Bertz CT molecular complexity index is 644. The zero-order chi connectivity index (χ0) is 16.1. The lowest BCUT2D eigenvalue weighted by Gasteiger charge is -2.27. The summed E-state index contributed by atoms with van der Waals surface area (Å²) in [7, 11) is 1.99. The first-order valence-electron chi connectivity index (χ1n) is 7.08. The molecule has 1 atom stereocenters. The molecule has 2 rings (SSSR count). The van der Waals surface area contributed by atoms with Gasteiger partial charge in [-0.2, -0.15) is 0 Å². The van der Waals surface area contributed by atoms with E-state index >= 15 is 0 Å². The average Bonchev–Trinajstić information content (AvgIpc) is 2.52. The van der Waals surface area contributed by atoms with E-state index < -0.39 is 5.97 Å². The number of hydrogen-bond acceptors (Lipinski definition) is 4. The third kappa shape index (κ3) is 3.97. The standard InChI is InChI=1S/C17H20N2O3/c1-12-8-14(17(20)21)10-16(9-12)22-11-13(2)19(3)15-4-6-18-7-5-15/h4-10,13H,11H2,1-3H3,(H,20,21). The summed E-state index contributed by atoms with van der Waals surface area (Å²) in [5, 5.41) is 9.08. The number of anilines is 1. The fourth-order valence-electron chi connectivity index (χ4n) is 2.12. The third-order valence-corrected chi connectivity index (χ3v) is 3.52. The first kappa shape index (κ1) is 15.8. The van der Waals surface area contributed by atoms with Gasteiger partial charge in [-0.25, -0.2) is 4.79 Å². The zero-order valence-electron chi connectivity index (χ0n) is 13.0. The Morgan fingerprint density at radius 2 is 2.00 bits per heavy atom. The second-order valence-electron chi connectivity index (χ2n) is 5.32. The lowest BCUT2D eigenvalue weighted by molar-refractivity contribution is 0.0696. The van der Waals surface area contributed by atoms with E-state index in [0.717, 1.165) is 11.3 Å². The molecule has 22 heavy (non-hydrogen) atoms. The molecule has 0 amide bonds. The van der Waals surface area contributed by atoms with Gasteiger partial charge >= 0.3 is 5.97 Å². The number of likely N-dealkylation sites (N-methyl/N-ethyl adjacent to an activating group) is 1. The average molecular weight is 300 g/mol. The molecule has 0 bridgehead atoms. The van der Waals surface area contributed by atoms with E-state index in [9.17, 15) is 4.79 Å². The number of carboxylic acids is 1. The monoisotopic (exact) mass is 300 g/mol. The number of hydrogen-bond donors (Lipinski definition) is 1. The number of benzene rings is 1. The van der Waals surface area contributed by atoms with E-state index in [4.69, 9.17) is 9.84 Å². The van der Waals surface area contributed by atoms with Crippen molar-refractivity contribution in [3.63, 3.8) is 0 Å². The van der Waals surface area contributed by atoms with Crippen LogP contribution in [-0.4, -0.2) is 35.8 Å². The van der Waals surface area contributed by atoms with E-state index in [1.54, 1.807) is 24.5 Å². The van der Waals surface area contributed by atoms with Gasteiger partial charge in [0.05, 0.1) is 11.6 Å². The Morgan fingerprint density at radius 3 is 2.64 bits per heavy atom. The molecule has 0 spiro atoms. The summed E-state index contributed by atoms with van der Waals surface area (Å²) < 4.78 is 5.76. The second-order valence-corrected chi connectivity index (χ2v) is 5.32. The van der Waals surface area contributed by atoms with Crippen LogP contribution in [0.3, 0.4) is 0 Å². The second kappa shape index (κ2) is 6.93. The number of nitrogens with zero attached hydrogens (tertiary/aromatic N) is 2. The summed E-state index contributed by atoms with van der Waals surface area (Å²) in [5.74, 6) is -0.372. The van der Waals surface area contributed by atoms with E-state index in [0.29, 0.717) is 12.4 Å². The van der Waals surface area contributed by atoms with Gasteiger partial charge in [0.2, 0.25) is 0 Å². The number of rotatable bonds is 6. The van der Waals surface area contributed by atoms with Crippen molar-refractivity contribution in [2.75, 3.05) is 18.6 Å². The van der Waals surface area contributed by atoms with Gasteiger partial charge in [-0.1, -0.05) is 0 Å². The number of pyridine rings is 1. The highest BCUT2D eigenvalue weighted by molar-refractivity contribution is 5.88. The minimum Gasteiger partial charge on any atom is -0.491 e. The summed E-state index contributed by atoms with van der Waals surface area (Å²) >= 11 is 0. The molecule has 1 heterocycles. The number of carboxylic acid groups (broad SMARTS) is 1. The van der Waals surface area contributed by atoms with Crippen LogP contribution in [0.15, 0.2) is 42.7 Å². The Kier molecular flexibility index (Phi) is 4.99. The van der Waals surface area contributed by atoms with Crippen LogP contribution in [0.1, 0.15) is 22.8 Å². The molecule has 0 saturated carbocycles. The van der Waals surface area contributed by atoms with E-state index in [-0.39, 0.29) is 11.6 Å². The maximum atomic E-state index is 11.1. The van der Waals surface area contributed by atoms with Crippen LogP contribution in [-0.2, 0) is 0 Å². The van der Waals surface area contributed by atoms with Gasteiger partial charge in [0, 0.05) is 25.1 Å². The van der Waals surface area contributed by atoms with Crippen molar-refractivity contribution in [3.8, 4) is 5.75 Å². The highest BCUT2D eigenvalue weighted by Crippen LogP contribution is 2.19. The molecule has 1 aromatic carbocycles. The van der Waals surface area contributed by atoms with Gasteiger partial charge in [-0.15, -0.1) is 0 Å². The van der Waals surface area contributed by atoms with Crippen molar-refractivity contribution < 1.29 is 14.6 Å². The summed E-state index contributed by atoms with van der Waals surface area (Å²) in [6.45, 7) is 4.36. The maximum absolute atomic E-state index is 11.1. The van der Waals surface area contributed by atoms with Crippen molar-refractivity contribution in [1.82, 2.24) is 4.98 Å². The quantitative estimate of drug-likeness (QED) is 0.888. The molecule has 0 aliphatic carbocycles. The first-order valence-corrected chi connectivity index (χ1v) is 7.08. The molecule has 0 radical (unpaired) electrons. The zero-order valence-corrected chi connectivity index (χ0v) is 13.0. The van der Waals surface area contributed by atoms with Crippen LogP contribution in [0, 0.1) is 6.92 Å². The molecule has 0 fully saturated rings. The Labute approximate surface area is 130 Å². The fraction of sp³-hybridized carbons (Fsp3) is 0.294. The SMILES string of the molecule is Cc1cc(OCC(C)N(C)c2ccncc2)cc(C(=O)O)c1. The summed E-state index contributed by atoms with van der Waals surface area (Å²) in [5.41, 5.74) is 2.16. The van der Waals surface area contributed by atoms with Crippen LogP contribution in [0.5, 0.6) is 5.75 Å². The number of ether oxygens (including phenoxy) is 1. The Hall–Kier alpha value is -2.56. The smallest absolute Gasteiger partial charge is 0.335 e. The Morgan fingerprint density at radius 1 is 1.32 bits per heavy atom. The minimum atomic E-state index is -0.949. The van der Waals surface area contributed by atoms with Crippen LogP contribution >= 0.6 is 0 Å². The summed E-state index contributed by atoms with van der Waals surface area (Å²) in [6, 6.07) is 9.02. The van der Waals surface area contributed by atoms with Gasteiger partial charge < -0.3 is 14.7 Å². The number of aromatic carboxylic acids is 1. The molecule has 5 heteroatoms. The van der Waals surface area contributed by atoms with Crippen molar-refractivity contribution in [3.05, 3.63) is 53.9 Å². The molecule has 0 saturated heterocycles. The van der Waals surface area contributed by atoms with Gasteiger partial charge in [-0.05, 0) is 49.7 Å². The van der Waals surface area contributed by atoms with Gasteiger partial charge in [0.1, 0.15) is 12.4 Å². The minimum absolute atomic E-state index is 0.135. The summed E-state index contributed by atoms with van der Waals surface area (Å²) in [6.07, 6.45) is 3.50. The van der Waals surface area contributed by atoms with Gasteiger partial charge in [-0.3, -0.25) is 4.98 Å². The van der Waals surface area contributed by atoms with Crippen molar-refractivity contribution >= 4 is 11.7 Å². The van der Waals surface area contributed by atoms with Crippen LogP contribution < -0.4 is 9.64 Å². The number of aryl methyl sites for hydroxylation is 1. The van der Waals surface area contributed by atoms with Crippen LogP contribution in [0.4, 0.5) is 5.69 Å². The van der Waals surface area contributed by atoms with Gasteiger partial charge in [0.15, 0.2) is 0 Å². The van der Waals surface area contributed by atoms with E-state index in [1.807, 2.05) is 39.1 Å². The van der Waals surface area contributed by atoms with Crippen molar-refractivity contribution in [1.29, 1.82) is 0 Å². The van der Waals surface area contributed by atoms with Crippen molar-refractivity contribution in [2.45, 2.75) is 19.9 Å². The Balaban J connectivity index is 2.02. The highest BCUT2D eigenvalue weighted by atomic mass is 16.5. The predicted octanol–water partition coefficient (Wildman–Crippen LogP) is 2.99. The van der Waals surface area contributed by atoms with Crippen molar-refractivity contribution in [2.24, 2.45) is 0 Å². The topological polar surface area (TPSA) is 62.7 Å². The first-order chi connectivity index (χ1) is 10.5. The maximum Gasteiger partial charge on any atom is 0.335 e. The summed E-state index contributed by atoms with van der Waals surface area (Å²) in [4.78, 5) is 17.2. The lowest BCUT2D eigenvalue weighted by Crippen LogP contribution is -2.34. The molecule has 1 N–H and O–H groups in total. The molecule has 0 aliphatic rings. The molecule has 5 nitrogen and oxygen atoms in total. The molecule has 2 aromatic rings. The third-order valence-electron chi connectivity index (χ3n) is 3.52. The molecule has 1 aromatic heterocycles. The largest absolute Gasteiger partial charge is 0.491 e. The van der Waals surface area contributed by atoms with E-state index in [1.165, 1.54) is 0 Å². The number of carbonyl (C=O) groups is 1. The van der Waals surface area contributed by atoms with Crippen LogP contribution in [0.25, 0.3) is 0 Å².